The summed E-state index contributed by atoms with van der Waals surface area (Å²) >= 11 is 1.75. The Labute approximate surface area is 129 Å². The van der Waals surface area contributed by atoms with Gasteiger partial charge in [0.2, 0.25) is 5.91 Å². The second-order valence-electron chi connectivity index (χ2n) is 5.69. The van der Waals surface area contributed by atoms with Gasteiger partial charge in [0.15, 0.2) is 0 Å². The van der Waals surface area contributed by atoms with Crippen LogP contribution in [0.1, 0.15) is 48.6 Å². The summed E-state index contributed by atoms with van der Waals surface area (Å²) in [6.07, 6.45) is 6.17. The molecule has 0 aliphatic heterocycles. The standard InChI is InChI=1S/C16H21N3OS/c1-19-15(11-14(18-19)12-5-2-6-12)17-16(20)9-3-7-13-8-4-10-21-13/h4,8,10-12H,2-3,5-7,9H2,1H3,(H,17,20). The number of hydrogen-bond acceptors (Lipinski definition) is 3. The number of carbonyl (C=O) groups excluding carboxylic acids is 1. The van der Waals surface area contributed by atoms with Gasteiger partial charge in [-0.3, -0.25) is 9.48 Å². The van der Waals surface area contributed by atoms with Crippen LogP contribution in [-0.4, -0.2) is 15.7 Å². The highest BCUT2D eigenvalue weighted by Crippen LogP contribution is 2.36. The van der Waals surface area contributed by atoms with E-state index >= 15 is 0 Å². The molecule has 2 aromatic rings. The molecular weight excluding hydrogens is 282 g/mol. The van der Waals surface area contributed by atoms with Gasteiger partial charge >= 0.3 is 0 Å². The van der Waals surface area contributed by atoms with Crippen LogP contribution in [0.3, 0.4) is 0 Å². The third-order valence-electron chi connectivity index (χ3n) is 4.10. The summed E-state index contributed by atoms with van der Waals surface area (Å²) in [5.41, 5.74) is 1.12. The highest BCUT2D eigenvalue weighted by molar-refractivity contribution is 7.09. The monoisotopic (exact) mass is 303 g/mol. The summed E-state index contributed by atoms with van der Waals surface area (Å²) in [6, 6.07) is 6.20. The maximum absolute atomic E-state index is 12.0. The highest BCUT2D eigenvalue weighted by Gasteiger charge is 2.23. The second kappa shape index (κ2) is 6.43. The van der Waals surface area contributed by atoms with Gasteiger partial charge in [0.1, 0.15) is 5.82 Å². The van der Waals surface area contributed by atoms with Gasteiger partial charge in [-0.25, -0.2) is 0 Å². The zero-order valence-electron chi connectivity index (χ0n) is 12.3. The number of rotatable bonds is 6. The van der Waals surface area contributed by atoms with Crippen LogP contribution in [-0.2, 0) is 18.3 Å². The van der Waals surface area contributed by atoms with Crippen molar-refractivity contribution in [3.63, 3.8) is 0 Å². The fraction of sp³-hybridized carbons (Fsp3) is 0.500. The topological polar surface area (TPSA) is 46.9 Å². The predicted molar refractivity (Wildman–Crippen MR) is 85.7 cm³/mol. The maximum atomic E-state index is 12.0. The molecular formula is C16H21N3OS. The molecule has 0 spiro atoms. The van der Waals surface area contributed by atoms with Crippen LogP contribution in [0, 0.1) is 0 Å². The summed E-state index contributed by atoms with van der Waals surface area (Å²) in [6.45, 7) is 0. The van der Waals surface area contributed by atoms with Crippen LogP contribution in [0.15, 0.2) is 23.6 Å². The largest absolute Gasteiger partial charge is 0.311 e. The van der Waals surface area contributed by atoms with E-state index in [4.69, 9.17) is 0 Å². The zero-order chi connectivity index (χ0) is 14.7. The van der Waals surface area contributed by atoms with E-state index in [9.17, 15) is 4.79 Å². The van der Waals surface area contributed by atoms with Gasteiger partial charge in [0, 0.05) is 30.3 Å². The fourth-order valence-electron chi connectivity index (χ4n) is 2.59. The molecule has 0 saturated heterocycles. The average molecular weight is 303 g/mol. The van der Waals surface area contributed by atoms with Crippen molar-refractivity contribution in [1.29, 1.82) is 0 Å². The van der Waals surface area contributed by atoms with Crippen molar-refractivity contribution < 1.29 is 4.79 Å². The minimum Gasteiger partial charge on any atom is -0.311 e. The van der Waals surface area contributed by atoms with Crippen molar-refractivity contribution in [2.45, 2.75) is 44.4 Å². The van der Waals surface area contributed by atoms with E-state index in [0.717, 1.165) is 24.4 Å². The number of aryl methyl sites for hydroxylation is 2. The number of anilines is 1. The summed E-state index contributed by atoms with van der Waals surface area (Å²) < 4.78 is 1.78. The molecule has 2 aromatic heterocycles. The van der Waals surface area contributed by atoms with Gasteiger partial charge in [-0.05, 0) is 37.1 Å². The van der Waals surface area contributed by atoms with Gasteiger partial charge in [-0.1, -0.05) is 12.5 Å². The quantitative estimate of drug-likeness (QED) is 0.884. The van der Waals surface area contributed by atoms with E-state index in [1.807, 2.05) is 13.1 Å². The lowest BCUT2D eigenvalue weighted by molar-refractivity contribution is -0.116. The first-order chi connectivity index (χ1) is 10.2. The molecule has 1 saturated carbocycles. The summed E-state index contributed by atoms with van der Waals surface area (Å²) in [5.74, 6) is 1.49. The molecule has 5 heteroatoms. The van der Waals surface area contributed by atoms with Gasteiger partial charge in [-0.2, -0.15) is 5.10 Å². The number of aromatic nitrogens is 2. The van der Waals surface area contributed by atoms with Crippen molar-refractivity contribution >= 4 is 23.1 Å². The number of amides is 1. The summed E-state index contributed by atoms with van der Waals surface area (Å²) in [4.78, 5) is 13.4. The molecule has 2 heterocycles. The van der Waals surface area contributed by atoms with Crippen LogP contribution < -0.4 is 5.32 Å². The van der Waals surface area contributed by atoms with Gasteiger partial charge < -0.3 is 5.32 Å². The molecule has 21 heavy (non-hydrogen) atoms. The van der Waals surface area contributed by atoms with E-state index in [0.29, 0.717) is 12.3 Å². The number of thiophene rings is 1. The minimum atomic E-state index is 0.0784. The molecule has 3 rings (SSSR count). The smallest absolute Gasteiger partial charge is 0.225 e. The Morgan fingerprint density at radius 2 is 2.38 bits per heavy atom. The third kappa shape index (κ3) is 3.53. The Morgan fingerprint density at radius 3 is 3.05 bits per heavy atom. The lowest BCUT2D eigenvalue weighted by atomic mass is 9.83. The van der Waals surface area contributed by atoms with Crippen LogP contribution in [0.4, 0.5) is 5.82 Å². The fourth-order valence-corrected chi connectivity index (χ4v) is 3.34. The molecule has 0 bridgehead atoms. The summed E-state index contributed by atoms with van der Waals surface area (Å²) in [7, 11) is 1.89. The first-order valence-corrected chi connectivity index (χ1v) is 8.46. The molecule has 1 fully saturated rings. The van der Waals surface area contributed by atoms with Crippen molar-refractivity contribution in [1.82, 2.24) is 9.78 Å². The molecule has 112 valence electrons. The predicted octanol–water partition coefficient (Wildman–Crippen LogP) is 3.71. The number of hydrogen-bond donors (Lipinski definition) is 1. The van der Waals surface area contributed by atoms with Crippen molar-refractivity contribution in [3.8, 4) is 0 Å². The van der Waals surface area contributed by atoms with Crippen molar-refractivity contribution in [3.05, 3.63) is 34.2 Å². The first-order valence-electron chi connectivity index (χ1n) is 7.58. The second-order valence-corrected chi connectivity index (χ2v) is 6.72. The summed E-state index contributed by atoms with van der Waals surface area (Å²) in [5, 5.41) is 9.57. The molecule has 0 radical (unpaired) electrons. The van der Waals surface area contributed by atoms with E-state index in [2.05, 4.69) is 27.9 Å². The third-order valence-corrected chi connectivity index (χ3v) is 5.03. The van der Waals surface area contributed by atoms with E-state index < -0.39 is 0 Å². The van der Waals surface area contributed by atoms with Crippen molar-refractivity contribution in [2.75, 3.05) is 5.32 Å². The Kier molecular flexibility index (Phi) is 4.39. The molecule has 1 aliphatic carbocycles. The Bertz CT molecular complexity index is 599. The van der Waals surface area contributed by atoms with E-state index in [-0.39, 0.29) is 5.91 Å². The first kappa shape index (κ1) is 14.3. The number of nitrogens with one attached hydrogen (secondary N) is 1. The SMILES string of the molecule is Cn1nc(C2CCC2)cc1NC(=O)CCCc1cccs1. The van der Waals surface area contributed by atoms with Gasteiger partial charge in [-0.15, -0.1) is 11.3 Å². The molecule has 0 unspecified atom stereocenters. The van der Waals surface area contributed by atoms with Crippen molar-refractivity contribution in [2.24, 2.45) is 7.05 Å². The minimum absolute atomic E-state index is 0.0784. The molecule has 1 N–H and O–H groups in total. The van der Waals surface area contributed by atoms with Gasteiger partial charge in [0.05, 0.1) is 5.69 Å². The average Bonchev–Trinajstić information content (AvgIpc) is 2.99. The molecule has 1 amide bonds. The molecule has 0 aromatic carbocycles. The van der Waals surface area contributed by atoms with E-state index in [1.165, 1.54) is 24.1 Å². The maximum Gasteiger partial charge on any atom is 0.225 e. The van der Waals surface area contributed by atoms with Gasteiger partial charge in [0.25, 0.3) is 0 Å². The molecule has 1 aliphatic rings. The van der Waals surface area contributed by atoms with Crippen LogP contribution in [0.2, 0.25) is 0 Å². The lowest BCUT2D eigenvalue weighted by Gasteiger charge is -2.22. The lowest BCUT2D eigenvalue weighted by Crippen LogP contribution is -2.14. The Hall–Kier alpha value is -1.62. The zero-order valence-corrected chi connectivity index (χ0v) is 13.2. The van der Waals surface area contributed by atoms with Crippen LogP contribution in [0.25, 0.3) is 0 Å². The number of carbonyl (C=O) groups is 1. The van der Waals surface area contributed by atoms with Crippen LogP contribution >= 0.6 is 11.3 Å². The van der Waals surface area contributed by atoms with E-state index in [1.54, 1.807) is 16.0 Å². The normalized spacial score (nSPS) is 14.9. The Morgan fingerprint density at radius 1 is 1.52 bits per heavy atom. The highest BCUT2D eigenvalue weighted by atomic mass is 32.1. The molecule has 4 nitrogen and oxygen atoms in total. The van der Waals surface area contributed by atoms with Crippen LogP contribution in [0.5, 0.6) is 0 Å². The Balaban J connectivity index is 1.48. The molecule has 0 atom stereocenters. The number of nitrogens with zero attached hydrogens (tertiary/aromatic N) is 2.